The molecule has 1 aromatic carbocycles. The maximum Gasteiger partial charge on any atom is 0.239 e. The summed E-state index contributed by atoms with van der Waals surface area (Å²) >= 11 is 11.9. The highest BCUT2D eigenvalue weighted by Crippen LogP contribution is 2.22. The molecule has 4 nitrogen and oxygen atoms in total. The van der Waals surface area contributed by atoms with Gasteiger partial charge in [0.25, 0.3) is 0 Å². The number of halogens is 2. The molecule has 6 heteroatoms. The Morgan fingerprint density at radius 3 is 2.84 bits per heavy atom. The molecular formula is C13H14Cl2N2O2. The molecule has 1 heterocycles. The van der Waals surface area contributed by atoms with E-state index in [1.54, 1.807) is 17.0 Å². The topological polar surface area (TPSA) is 49.4 Å². The highest BCUT2D eigenvalue weighted by molar-refractivity contribution is 6.35. The van der Waals surface area contributed by atoms with Crippen molar-refractivity contribution >= 4 is 35.0 Å². The van der Waals surface area contributed by atoms with Gasteiger partial charge in [-0.2, -0.15) is 0 Å². The van der Waals surface area contributed by atoms with Crippen LogP contribution in [-0.2, 0) is 16.0 Å². The maximum absolute atomic E-state index is 12.0. The molecule has 102 valence electrons. The molecule has 1 N–H and O–H groups in total. The van der Waals surface area contributed by atoms with Crippen LogP contribution < -0.4 is 5.32 Å². The number of piperazine rings is 1. The fourth-order valence-electron chi connectivity index (χ4n) is 1.98. The molecule has 1 fully saturated rings. The van der Waals surface area contributed by atoms with Crippen LogP contribution in [-0.4, -0.2) is 36.3 Å². The van der Waals surface area contributed by atoms with Gasteiger partial charge in [-0.1, -0.05) is 29.3 Å². The fraction of sp³-hybridized carbons (Fsp3) is 0.385. The van der Waals surface area contributed by atoms with Gasteiger partial charge in [0.2, 0.25) is 11.8 Å². The van der Waals surface area contributed by atoms with Crippen LogP contribution in [0.4, 0.5) is 0 Å². The second-order valence-electron chi connectivity index (χ2n) is 4.40. The van der Waals surface area contributed by atoms with Crippen molar-refractivity contribution in [2.24, 2.45) is 0 Å². The third-order valence-corrected chi connectivity index (χ3v) is 3.60. The molecule has 1 aliphatic rings. The van der Waals surface area contributed by atoms with E-state index in [9.17, 15) is 9.59 Å². The fourth-order valence-corrected chi connectivity index (χ4v) is 2.48. The zero-order chi connectivity index (χ0) is 13.8. The van der Waals surface area contributed by atoms with E-state index in [1.165, 1.54) is 0 Å². The molecule has 2 rings (SSSR count). The van der Waals surface area contributed by atoms with E-state index in [2.05, 4.69) is 5.32 Å². The normalized spacial score (nSPS) is 15.3. The highest BCUT2D eigenvalue weighted by atomic mass is 35.5. The summed E-state index contributed by atoms with van der Waals surface area (Å²) in [5.41, 5.74) is 0.890. The minimum absolute atomic E-state index is 0.0270. The van der Waals surface area contributed by atoms with Crippen molar-refractivity contribution < 1.29 is 9.59 Å². The van der Waals surface area contributed by atoms with Gasteiger partial charge in [-0.25, -0.2) is 0 Å². The highest BCUT2D eigenvalue weighted by Gasteiger charge is 2.20. The first-order valence-electron chi connectivity index (χ1n) is 6.04. The van der Waals surface area contributed by atoms with Crippen LogP contribution in [0.25, 0.3) is 0 Å². The van der Waals surface area contributed by atoms with Gasteiger partial charge in [-0.15, -0.1) is 0 Å². The minimum atomic E-state index is -0.107. The lowest BCUT2D eigenvalue weighted by Gasteiger charge is -2.26. The summed E-state index contributed by atoms with van der Waals surface area (Å²) in [5.74, 6) is -0.134. The summed E-state index contributed by atoms with van der Waals surface area (Å²) in [7, 11) is 0. The smallest absolute Gasteiger partial charge is 0.239 e. The van der Waals surface area contributed by atoms with Crippen molar-refractivity contribution in [1.29, 1.82) is 0 Å². The molecule has 0 radical (unpaired) electrons. The van der Waals surface area contributed by atoms with Crippen molar-refractivity contribution in [3.8, 4) is 0 Å². The molecule has 2 amide bonds. The third kappa shape index (κ3) is 3.85. The number of aryl methyl sites for hydroxylation is 1. The van der Waals surface area contributed by atoms with E-state index < -0.39 is 0 Å². The summed E-state index contributed by atoms with van der Waals surface area (Å²) < 4.78 is 0. The van der Waals surface area contributed by atoms with Gasteiger partial charge in [0, 0.05) is 29.6 Å². The molecule has 1 aromatic rings. The first-order chi connectivity index (χ1) is 9.06. The molecule has 0 aliphatic carbocycles. The predicted octanol–water partition coefficient (Wildman–Crippen LogP) is 1.88. The standard InChI is InChI=1S/C13H14Cl2N2O2/c14-10-3-1-9(11(15)7-10)2-4-13(19)17-6-5-16-12(18)8-17/h1,3,7H,2,4-6,8H2,(H,16,18). The van der Waals surface area contributed by atoms with Gasteiger partial charge in [0.1, 0.15) is 0 Å². The lowest BCUT2D eigenvalue weighted by atomic mass is 10.1. The molecule has 0 atom stereocenters. The van der Waals surface area contributed by atoms with Gasteiger partial charge < -0.3 is 10.2 Å². The molecule has 1 saturated heterocycles. The largest absolute Gasteiger partial charge is 0.353 e. The van der Waals surface area contributed by atoms with Crippen molar-refractivity contribution in [3.05, 3.63) is 33.8 Å². The molecule has 0 unspecified atom stereocenters. The monoisotopic (exact) mass is 300 g/mol. The second kappa shape index (κ2) is 6.26. The van der Waals surface area contributed by atoms with Crippen molar-refractivity contribution in [2.45, 2.75) is 12.8 Å². The van der Waals surface area contributed by atoms with Crippen LogP contribution in [0.3, 0.4) is 0 Å². The van der Waals surface area contributed by atoms with Crippen LogP contribution in [0, 0.1) is 0 Å². The van der Waals surface area contributed by atoms with Gasteiger partial charge in [0.05, 0.1) is 6.54 Å². The first kappa shape index (κ1) is 14.2. The Bertz CT molecular complexity index is 505. The van der Waals surface area contributed by atoms with Crippen LogP contribution in [0.15, 0.2) is 18.2 Å². The van der Waals surface area contributed by atoms with E-state index >= 15 is 0 Å². The van der Waals surface area contributed by atoms with Crippen LogP contribution in [0.5, 0.6) is 0 Å². The number of nitrogens with one attached hydrogen (secondary N) is 1. The third-order valence-electron chi connectivity index (χ3n) is 3.01. The van der Waals surface area contributed by atoms with Gasteiger partial charge in [0.15, 0.2) is 0 Å². The molecule has 0 bridgehead atoms. The predicted molar refractivity (Wildman–Crippen MR) is 74.4 cm³/mol. The van der Waals surface area contributed by atoms with Crippen LogP contribution in [0.2, 0.25) is 10.0 Å². The molecule has 0 saturated carbocycles. The van der Waals surface area contributed by atoms with E-state index in [0.29, 0.717) is 36.0 Å². The number of carbonyl (C=O) groups excluding carboxylic acids is 2. The molecule has 19 heavy (non-hydrogen) atoms. The van der Waals surface area contributed by atoms with Gasteiger partial charge in [-0.3, -0.25) is 9.59 Å². The SMILES string of the molecule is O=C1CN(C(=O)CCc2ccc(Cl)cc2Cl)CCN1. The number of carbonyl (C=O) groups is 2. The Hall–Kier alpha value is -1.26. The quantitative estimate of drug-likeness (QED) is 0.927. The lowest BCUT2D eigenvalue weighted by Crippen LogP contribution is -2.50. The Morgan fingerprint density at radius 1 is 1.37 bits per heavy atom. The van der Waals surface area contributed by atoms with Crippen molar-refractivity contribution in [3.63, 3.8) is 0 Å². The summed E-state index contributed by atoms with van der Waals surface area (Å²) in [6, 6.07) is 5.24. The van der Waals surface area contributed by atoms with Gasteiger partial charge >= 0.3 is 0 Å². The number of amides is 2. The Kier molecular flexibility index (Phi) is 4.66. The minimum Gasteiger partial charge on any atom is -0.353 e. The van der Waals surface area contributed by atoms with Crippen molar-refractivity contribution in [1.82, 2.24) is 10.2 Å². The average molecular weight is 301 g/mol. The summed E-state index contributed by atoms with van der Waals surface area (Å²) in [6.07, 6.45) is 0.890. The zero-order valence-corrected chi connectivity index (χ0v) is 11.8. The van der Waals surface area contributed by atoms with E-state index in [0.717, 1.165) is 5.56 Å². The number of hydrogen-bond donors (Lipinski definition) is 1. The number of rotatable bonds is 3. The Labute approximate surface area is 121 Å². The molecule has 0 spiro atoms. The number of nitrogens with zero attached hydrogens (tertiary/aromatic N) is 1. The lowest BCUT2D eigenvalue weighted by molar-refractivity contribution is -0.138. The molecular weight excluding hydrogens is 287 g/mol. The van der Waals surface area contributed by atoms with Crippen LogP contribution >= 0.6 is 23.2 Å². The summed E-state index contributed by atoms with van der Waals surface area (Å²) in [6.45, 7) is 1.23. The number of hydrogen-bond acceptors (Lipinski definition) is 2. The maximum atomic E-state index is 12.0. The van der Waals surface area contributed by atoms with Crippen LogP contribution in [0.1, 0.15) is 12.0 Å². The van der Waals surface area contributed by atoms with Gasteiger partial charge in [-0.05, 0) is 24.1 Å². The number of benzene rings is 1. The van der Waals surface area contributed by atoms with Crippen molar-refractivity contribution in [2.75, 3.05) is 19.6 Å². The zero-order valence-electron chi connectivity index (χ0n) is 10.3. The summed E-state index contributed by atoms with van der Waals surface area (Å²) in [4.78, 5) is 24.7. The van der Waals surface area contributed by atoms with E-state index in [1.807, 2.05) is 6.07 Å². The molecule has 0 aromatic heterocycles. The average Bonchev–Trinajstić information content (AvgIpc) is 2.37. The Balaban J connectivity index is 1.91. The molecule has 1 aliphatic heterocycles. The van der Waals surface area contributed by atoms with E-state index in [-0.39, 0.29) is 18.4 Å². The summed E-state index contributed by atoms with van der Waals surface area (Å²) in [5, 5.41) is 3.83. The Morgan fingerprint density at radius 2 is 2.16 bits per heavy atom. The van der Waals surface area contributed by atoms with E-state index in [4.69, 9.17) is 23.2 Å². The first-order valence-corrected chi connectivity index (χ1v) is 6.80. The second-order valence-corrected chi connectivity index (χ2v) is 5.24.